The first-order valence-electron chi connectivity index (χ1n) is 4.05. The second-order valence-corrected chi connectivity index (χ2v) is 3.32. The van der Waals surface area contributed by atoms with Crippen LogP contribution in [0.15, 0.2) is 12.4 Å². The molecule has 1 saturated carbocycles. The number of halogens is 1. The van der Waals surface area contributed by atoms with Gasteiger partial charge in [0.1, 0.15) is 0 Å². The summed E-state index contributed by atoms with van der Waals surface area (Å²) in [6.45, 7) is 0. The van der Waals surface area contributed by atoms with Crippen molar-refractivity contribution in [3.63, 3.8) is 0 Å². The van der Waals surface area contributed by atoms with Crippen molar-refractivity contribution >= 4 is 23.3 Å². The van der Waals surface area contributed by atoms with Crippen LogP contribution in [0.4, 0.5) is 5.82 Å². The van der Waals surface area contributed by atoms with Crippen molar-refractivity contribution in [2.75, 3.05) is 5.32 Å². The van der Waals surface area contributed by atoms with E-state index in [1.54, 1.807) is 0 Å². The first-order chi connectivity index (χ1) is 6.27. The topological polar surface area (TPSA) is 54.9 Å². The molecule has 0 aliphatic heterocycles. The monoisotopic (exact) mass is 197 g/mol. The van der Waals surface area contributed by atoms with E-state index in [1.165, 1.54) is 12.4 Å². The van der Waals surface area contributed by atoms with Crippen molar-refractivity contribution in [2.45, 2.75) is 12.8 Å². The molecule has 5 heteroatoms. The van der Waals surface area contributed by atoms with Crippen LogP contribution in [0.3, 0.4) is 0 Å². The van der Waals surface area contributed by atoms with E-state index in [1.807, 2.05) is 0 Å². The lowest BCUT2D eigenvalue weighted by molar-refractivity contribution is -0.117. The molecule has 2 rings (SSSR count). The molecule has 0 spiro atoms. The zero-order valence-corrected chi connectivity index (χ0v) is 7.58. The van der Waals surface area contributed by atoms with Crippen LogP contribution >= 0.6 is 11.6 Å². The molecule has 1 aromatic heterocycles. The molecule has 1 aromatic rings. The van der Waals surface area contributed by atoms with Gasteiger partial charge in [0.2, 0.25) is 5.91 Å². The van der Waals surface area contributed by atoms with E-state index in [2.05, 4.69) is 15.3 Å². The van der Waals surface area contributed by atoms with E-state index in [-0.39, 0.29) is 17.0 Å². The third kappa shape index (κ3) is 1.95. The fourth-order valence-electron chi connectivity index (χ4n) is 0.969. The average Bonchev–Trinajstić information content (AvgIpc) is 2.91. The highest BCUT2D eigenvalue weighted by molar-refractivity contribution is 6.32. The Morgan fingerprint density at radius 3 is 2.77 bits per heavy atom. The van der Waals surface area contributed by atoms with Crippen LogP contribution in [0.25, 0.3) is 0 Å². The van der Waals surface area contributed by atoms with Gasteiger partial charge in [-0.25, -0.2) is 9.97 Å². The minimum absolute atomic E-state index is 0.0117. The summed E-state index contributed by atoms with van der Waals surface area (Å²) in [4.78, 5) is 19.0. The number of rotatable bonds is 2. The molecular formula is C8H8ClN3O. The summed E-state index contributed by atoms with van der Waals surface area (Å²) in [5.74, 6) is 0.488. The van der Waals surface area contributed by atoms with E-state index in [9.17, 15) is 4.79 Å². The standard InChI is InChI=1S/C8H8ClN3O/c9-6-7(11-4-3-10-6)12-8(13)5-1-2-5/h3-5H,1-2H2,(H,11,12,13). The molecule has 1 amide bonds. The Kier molecular flexibility index (Phi) is 2.14. The van der Waals surface area contributed by atoms with E-state index < -0.39 is 0 Å². The van der Waals surface area contributed by atoms with Crippen LogP contribution in [0.1, 0.15) is 12.8 Å². The summed E-state index contributed by atoms with van der Waals surface area (Å²) in [6.07, 6.45) is 4.90. The quantitative estimate of drug-likeness (QED) is 0.782. The van der Waals surface area contributed by atoms with E-state index in [0.717, 1.165) is 12.8 Å². The van der Waals surface area contributed by atoms with Crippen LogP contribution < -0.4 is 5.32 Å². The number of aromatic nitrogens is 2. The molecule has 0 radical (unpaired) electrons. The van der Waals surface area contributed by atoms with Gasteiger partial charge < -0.3 is 5.32 Å². The van der Waals surface area contributed by atoms with Gasteiger partial charge in [-0.05, 0) is 12.8 Å². The highest BCUT2D eigenvalue weighted by Gasteiger charge is 2.30. The molecule has 0 atom stereocenters. The second kappa shape index (κ2) is 3.30. The maximum absolute atomic E-state index is 11.3. The van der Waals surface area contributed by atoms with E-state index in [4.69, 9.17) is 11.6 Å². The number of hydrogen-bond donors (Lipinski definition) is 1. The normalized spacial score (nSPS) is 15.5. The van der Waals surface area contributed by atoms with Gasteiger partial charge >= 0.3 is 0 Å². The average molecular weight is 198 g/mol. The molecule has 13 heavy (non-hydrogen) atoms. The van der Waals surface area contributed by atoms with Gasteiger partial charge in [-0.3, -0.25) is 4.79 Å². The molecule has 1 fully saturated rings. The van der Waals surface area contributed by atoms with Crippen molar-refractivity contribution in [2.24, 2.45) is 5.92 Å². The molecule has 1 N–H and O–H groups in total. The number of amides is 1. The highest BCUT2D eigenvalue weighted by atomic mass is 35.5. The Morgan fingerprint density at radius 2 is 2.15 bits per heavy atom. The van der Waals surface area contributed by atoms with Gasteiger partial charge in [0.15, 0.2) is 11.0 Å². The van der Waals surface area contributed by atoms with Crippen molar-refractivity contribution in [1.29, 1.82) is 0 Å². The first kappa shape index (κ1) is 8.44. The Bertz CT molecular complexity index is 338. The number of carbonyl (C=O) groups is 1. The summed E-state index contributed by atoms with van der Waals surface area (Å²) in [6, 6.07) is 0. The third-order valence-electron chi connectivity index (χ3n) is 1.84. The smallest absolute Gasteiger partial charge is 0.228 e. The molecule has 1 heterocycles. The fraction of sp³-hybridized carbons (Fsp3) is 0.375. The molecule has 1 aliphatic carbocycles. The largest absolute Gasteiger partial charge is 0.308 e. The van der Waals surface area contributed by atoms with Gasteiger partial charge in [-0.1, -0.05) is 11.6 Å². The van der Waals surface area contributed by atoms with Crippen LogP contribution in [0, 0.1) is 5.92 Å². The van der Waals surface area contributed by atoms with Crippen molar-refractivity contribution in [3.05, 3.63) is 17.5 Å². The van der Waals surface area contributed by atoms with Crippen LogP contribution in [0.2, 0.25) is 5.15 Å². The maximum Gasteiger partial charge on any atom is 0.228 e. The summed E-state index contributed by atoms with van der Waals surface area (Å²) in [7, 11) is 0. The SMILES string of the molecule is O=C(Nc1nccnc1Cl)C1CC1. The van der Waals surface area contributed by atoms with Gasteiger partial charge in [0.05, 0.1) is 0 Å². The Balaban J connectivity index is 2.08. The van der Waals surface area contributed by atoms with Gasteiger partial charge in [0, 0.05) is 18.3 Å². The van der Waals surface area contributed by atoms with Crippen LogP contribution in [-0.4, -0.2) is 15.9 Å². The Hall–Kier alpha value is -1.16. The van der Waals surface area contributed by atoms with Gasteiger partial charge in [-0.15, -0.1) is 0 Å². The lowest BCUT2D eigenvalue weighted by Crippen LogP contribution is -2.14. The predicted octanol–water partition coefficient (Wildman–Crippen LogP) is 1.48. The summed E-state index contributed by atoms with van der Waals surface area (Å²) >= 11 is 5.71. The van der Waals surface area contributed by atoms with Crippen LogP contribution in [-0.2, 0) is 4.79 Å². The molecular weight excluding hydrogens is 190 g/mol. The van der Waals surface area contributed by atoms with Gasteiger partial charge in [0.25, 0.3) is 0 Å². The number of hydrogen-bond acceptors (Lipinski definition) is 3. The Morgan fingerprint density at radius 1 is 1.46 bits per heavy atom. The third-order valence-corrected chi connectivity index (χ3v) is 2.12. The summed E-state index contributed by atoms with van der Waals surface area (Å²) in [5, 5.41) is 2.86. The minimum atomic E-state index is -0.0117. The van der Waals surface area contributed by atoms with Gasteiger partial charge in [-0.2, -0.15) is 0 Å². The second-order valence-electron chi connectivity index (χ2n) is 2.96. The lowest BCUT2D eigenvalue weighted by Gasteiger charge is -2.02. The van der Waals surface area contributed by atoms with E-state index >= 15 is 0 Å². The molecule has 4 nitrogen and oxygen atoms in total. The molecule has 0 saturated heterocycles. The van der Waals surface area contributed by atoms with Crippen LogP contribution in [0.5, 0.6) is 0 Å². The summed E-state index contributed by atoms with van der Waals surface area (Å²) in [5.41, 5.74) is 0. The molecule has 68 valence electrons. The van der Waals surface area contributed by atoms with E-state index in [0.29, 0.717) is 5.82 Å². The van der Waals surface area contributed by atoms with Crippen molar-refractivity contribution in [3.8, 4) is 0 Å². The predicted molar refractivity (Wildman–Crippen MR) is 48.4 cm³/mol. The molecule has 0 bridgehead atoms. The zero-order valence-electron chi connectivity index (χ0n) is 6.83. The Labute approximate surface area is 80.3 Å². The highest BCUT2D eigenvalue weighted by Crippen LogP contribution is 2.30. The van der Waals surface area contributed by atoms with Crippen molar-refractivity contribution < 1.29 is 4.79 Å². The number of carbonyl (C=O) groups excluding carboxylic acids is 1. The summed E-state index contributed by atoms with van der Waals surface area (Å²) < 4.78 is 0. The number of nitrogens with zero attached hydrogens (tertiary/aromatic N) is 2. The number of nitrogens with one attached hydrogen (secondary N) is 1. The zero-order chi connectivity index (χ0) is 9.26. The maximum atomic E-state index is 11.3. The molecule has 0 unspecified atom stereocenters. The fourth-order valence-corrected chi connectivity index (χ4v) is 1.12. The number of anilines is 1. The first-order valence-corrected chi connectivity index (χ1v) is 4.42. The minimum Gasteiger partial charge on any atom is -0.308 e. The molecule has 1 aliphatic rings. The lowest BCUT2D eigenvalue weighted by atomic mass is 10.4. The molecule has 0 aromatic carbocycles. The van der Waals surface area contributed by atoms with Crippen molar-refractivity contribution in [1.82, 2.24) is 9.97 Å².